The van der Waals surface area contributed by atoms with E-state index >= 15 is 0 Å². The average Bonchev–Trinajstić information content (AvgIpc) is 2.95. The van der Waals surface area contributed by atoms with Crippen LogP contribution in [0.3, 0.4) is 0 Å². The summed E-state index contributed by atoms with van der Waals surface area (Å²) >= 11 is 0. The molecule has 0 saturated carbocycles. The monoisotopic (exact) mass is 222 g/mol. The van der Waals surface area contributed by atoms with Crippen molar-refractivity contribution in [2.24, 2.45) is 0 Å². The lowest BCUT2D eigenvalue weighted by Gasteiger charge is -1.99. The highest BCUT2D eigenvalue weighted by atomic mass is 17.2. The molecule has 2 rings (SSSR count). The summed E-state index contributed by atoms with van der Waals surface area (Å²) in [6.45, 7) is 0. The number of carbonyl (C=O) groups is 2. The summed E-state index contributed by atoms with van der Waals surface area (Å²) < 4.78 is 0. The van der Waals surface area contributed by atoms with E-state index in [-0.39, 0.29) is 11.4 Å². The first-order valence-electron chi connectivity index (χ1n) is 4.17. The van der Waals surface area contributed by atoms with Gasteiger partial charge in [-0.3, -0.25) is 0 Å². The standard InChI is InChI=1S/C8H6N4O4/c13-7(5-1-9-3-11-5)15-16-8(14)6-2-10-4-12-6/h1-4H,(H,9,11)(H,10,12). The van der Waals surface area contributed by atoms with Gasteiger partial charge in [-0.15, -0.1) is 0 Å². The minimum atomic E-state index is -0.842. The molecule has 16 heavy (non-hydrogen) atoms. The molecule has 8 nitrogen and oxygen atoms in total. The van der Waals surface area contributed by atoms with E-state index in [0.717, 1.165) is 0 Å². The molecule has 0 spiro atoms. The van der Waals surface area contributed by atoms with Crippen molar-refractivity contribution in [3.8, 4) is 0 Å². The molecule has 0 amide bonds. The fourth-order valence-corrected chi connectivity index (χ4v) is 0.900. The number of hydrogen-bond donors (Lipinski definition) is 2. The van der Waals surface area contributed by atoms with E-state index in [1.165, 1.54) is 25.0 Å². The maximum absolute atomic E-state index is 11.2. The topological polar surface area (TPSA) is 110 Å². The van der Waals surface area contributed by atoms with Crippen molar-refractivity contribution in [1.82, 2.24) is 19.9 Å². The molecular weight excluding hydrogens is 216 g/mol. The van der Waals surface area contributed by atoms with Crippen LogP contribution in [0.1, 0.15) is 21.0 Å². The lowest BCUT2D eigenvalue weighted by molar-refractivity contribution is -0.188. The molecule has 0 aliphatic carbocycles. The summed E-state index contributed by atoms with van der Waals surface area (Å²) in [5, 5.41) is 0. The second kappa shape index (κ2) is 4.26. The van der Waals surface area contributed by atoms with Crippen LogP contribution in [0.4, 0.5) is 0 Å². The van der Waals surface area contributed by atoms with Crippen LogP contribution in [0.15, 0.2) is 25.0 Å². The number of H-pyrrole nitrogens is 2. The predicted octanol–water partition coefficient (Wildman–Crippen LogP) is 0.0616. The van der Waals surface area contributed by atoms with Gasteiger partial charge < -0.3 is 9.97 Å². The summed E-state index contributed by atoms with van der Waals surface area (Å²) in [5.41, 5.74) is 0.162. The Labute approximate surface area is 88.6 Å². The molecule has 0 atom stereocenters. The predicted molar refractivity (Wildman–Crippen MR) is 48.0 cm³/mol. The Hall–Kier alpha value is -2.64. The van der Waals surface area contributed by atoms with E-state index in [0.29, 0.717) is 0 Å². The van der Waals surface area contributed by atoms with E-state index in [9.17, 15) is 9.59 Å². The summed E-state index contributed by atoms with van der Waals surface area (Å²) in [6, 6.07) is 0. The second-order valence-corrected chi connectivity index (χ2v) is 2.67. The Morgan fingerprint density at radius 1 is 0.938 bits per heavy atom. The first-order chi connectivity index (χ1) is 7.77. The largest absolute Gasteiger partial charge is 0.403 e. The zero-order valence-electron chi connectivity index (χ0n) is 7.84. The van der Waals surface area contributed by atoms with Crippen molar-refractivity contribution in [3.63, 3.8) is 0 Å². The molecule has 0 radical (unpaired) electrons. The van der Waals surface area contributed by atoms with E-state index in [1.54, 1.807) is 0 Å². The van der Waals surface area contributed by atoms with Crippen molar-refractivity contribution in [2.75, 3.05) is 0 Å². The highest BCUT2D eigenvalue weighted by Crippen LogP contribution is 1.99. The van der Waals surface area contributed by atoms with Crippen molar-refractivity contribution >= 4 is 11.9 Å². The number of imidazole rings is 2. The summed E-state index contributed by atoms with van der Waals surface area (Å²) in [6.07, 6.45) is 5.08. The van der Waals surface area contributed by atoms with Gasteiger partial charge in [-0.1, -0.05) is 0 Å². The average molecular weight is 222 g/mol. The normalized spacial score (nSPS) is 9.75. The molecule has 2 N–H and O–H groups in total. The molecule has 2 heterocycles. The molecular formula is C8H6N4O4. The Balaban J connectivity index is 1.89. The highest BCUT2D eigenvalue weighted by Gasteiger charge is 2.15. The van der Waals surface area contributed by atoms with Gasteiger partial charge >= 0.3 is 11.9 Å². The number of hydrogen-bond acceptors (Lipinski definition) is 6. The maximum Gasteiger partial charge on any atom is 0.403 e. The third-order valence-corrected chi connectivity index (χ3v) is 1.63. The molecule has 0 aliphatic heterocycles. The minimum absolute atomic E-state index is 0.0809. The zero-order valence-corrected chi connectivity index (χ0v) is 7.84. The van der Waals surface area contributed by atoms with Crippen LogP contribution in [0.25, 0.3) is 0 Å². The fourth-order valence-electron chi connectivity index (χ4n) is 0.900. The van der Waals surface area contributed by atoms with Crippen LogP contribution in [0, 0.1) is 0 Å². The second-order valence-electron chi connectivity index (χ2n) is 2.67. The van der Waals surface area contributed by atoms with Gasteiger partial charge in [0.15, 0.2) is 0 Å². The molecule has 0 aliphatic rings. The Bertz CT molecular complexity index is 430. The highest BCUT2D eigenvalue weighted by molar-refractivity contribution is 5.89. The number of rotatable bonds is 2. The Morgan fingerprint density at radius 3 is 1.69 bits per heavy atom. The van der Waals surface area contributed by atoms with Gasteiger partial charge in [0.25, 0.3) is 0 Å². The zero-order chi connectivity index (χ0) is 11.4. The van der Waals surface area contributed by atoms with Gasteiger partial charge in [-0.05, 0) is 0 Å². The van der Waals surface area contributed by atoms with Crippen molar-refractivity contribution in [2.45, 2.75) is 0 Å². The molecule has 2 aromatic heterocycles. The van der Waals surface area contributed by atoms with Gasteiger partial charge in [0.1, 0.15) is 11.4 Å². The molecule has 8 heteroatoms. The fraction of sp³-hybridized carbons (Fsp3) is 0. The summed E-state index contributed by atoms with van der Waals surface area (Å²) in [4.78, 5) is 43.1. The molecule has 82 valence electrons. The molecule has 0 unspecified atom stereocenters. The molecule has 0 bridgehead atoms. The number of aromatic nitrogens is 4. The van der Waals surface area contributed by atoms with E-state index in [4.69, 9.17) is 0 Å². The van der Waals surface area contributed by atoms with Gasteiger partial charge in [-0.25, -0.2) is 29.3 Å². The summed E-state index contributed by atoms with van der Waals surface area (Å²) in [7, 11) is 0. The number of nitrogens with one attached hydrogen (secondary N) is 2. The first kappa shape index (κ1) is 9.90. The Kier molecular flexibility index (Phi) is 2.63. The molecule has 0 fully saturated rings. The molecule has 2 aromatic rings. The smallest absolute Gasteiger partial charge is 0.339 e. The van der Waals surface area contributed by atoms with E-state index < -0.39 is 11.9 Å². The molecule has 0 saturated heterocycles. The van der Waals surface area contributed by atoms with Crippen LogP contribution in [-0.2, 0) is 9.78 Å². The lowest BCUT2D eigenvalue weighted by atomic mass is 10.5. The lowest BCUT2D eigenvalue weighted by Crippen LogP contribution is -2.12. The van der Waals surface area contributed by atoms with Gasteiger partial charge in [0.2, 0.25) is 0 Å². The number of aromatic amines is 2. The van der Waals surface area contributed by atoms with Crippen molar-refractivity contribution in [3.05, 3.63) is 36.4 Å². The van der Waals surface area contributed by atoms with Crippen LogP contribution in [0.5, 0.6) is 0 Å². The SMILES string of the molecule is O=C(OOC(=O)c1cnc[nH]1)c1cnc[nH]1. The first-order valence-corrected chi connectivity index (χ1v) is 4.17. The van der Waals surface area contributed by atoms with Crippen LogP contribution < -0.4 is 0 Å². The maximum atomic E-state index is 11.2. The number of nitrogens with zero attached hydrogens (tertiary/aromatic N) is 2. The quantitative estimate of drug-likeness (QED) is 0.549. The Morgan fingerprint density at radius 2 is 1.38 bits per heavy atom. The van der Waals surface area contributed by atoms with E-state index in [2.05, 4.69) is 29.7 Å². The number of carbonyl (C=O) groups excluding carboxylic acids is 2. The van der Waals surface area contributed by atoms with Crippen LogP contribution in [-0.4, -0.2) is 31.9 Å². The van der Waals surface area contributed by atoms with Crippen LogP contribution >= 0.6 is 0 Å². The molecule has 0 aromatic carbocycles. The van der Waals surface area contributed by atoms with Crippen molar-refractivity contribution < 1.29 is 19.4 Å². The van der Waals surface area contributed by atoms with Gasteiger partial charge in [0.05, 0.1) is 25.0 Å². The van der Waals surface area contributed by atoms with E-state index in [1.807, 2.05) is 0 Å². The summed E-state index contributed by atoms with van der Waals surface area (Å²) in [5.74, 6) is -1.68. The third kappa shape index (κ3) is 2.05. The minimum Gasteiger partial charge on any atom is -0.339 e. The van der Waals surface area contributed by atoms with Crippen LogP contribution in [0.2, 0.25) is 0 Å². The van der Waals surface area contributed by atoms with Gasteiger partial charge in [0, 0.05) is 0 Å². The van der Waals surface area contributed by atoms with Crippen molar-refractivity contribution in [1.29, 1.82) is 0 Å². The third-order valence-electron chi connectivity index (χ3n) is 1.63. The van der Waals surface area contributed by atoms with Gasteiger partial charge in [-0.2, -0.15) is 0 Å².